The van der Waals surface area contributed by atoms with Gasteiger partial charge in [-0.2, -0.15) is 0 Å². The summed E-state index contributed by atoms with van der Waals surface area (Å²) >= 11 is 0. The standard InChI is InChI=1S/C21H32N2O3S/c24-20(12-17-27(25,26)19-10-4-1-5-11-19)22-18-21(13-6-2-7-14-21)23-15-8-3-9-16-23/h1,4-5,10-11H,2-3,6-9,12-18H2,(H,22,24). The van der Waals surface area contributed by atoms with Crippen molar-refractivity contribution in [2.45, 2.75) is 68.2 Å². The third kappa shape index (κ3) is 5.32. The van der Waals surface area contributed by atoms with Crippen LogP contribution in [0.5, 0.6) is 0 Å². The van der Waals surface area contributed by atoms with Crippen molar-refractivity contribution in [3.63, 3.8) is 0 Å². The Bertz CT molecular complexity index is 706. The lowest BCUT2D eigenvalue weighted by molar-refractivity contribution is -0.121. The van der Waals surface area contributed by atoms with Gasteiger partial charge in [-0.25, -0.2) is 8.42 Å². The minimum atomic E-state index is -3.41. The summed E-state index contributed by atoms with van der Waals surface area (Å²) in [6, 6.07) is 8.37. The lowest BCUT2D eigenvalue weighted by Crippen LogP contribution is -2.58. The van der Waals surface area contributed by atoms with Crippen molar-refractivity contribution in [2.24, 2.45) is 0 Å². The average molecular weight is 393 g/mol. The topological polar surface area (TPSA) is 66.5 Å². The Labute approximate surface area is 163 Å². The number of rotatable bonds is 7. The highest BCUT2D eigenvalue weighted by molar-refractivity contribution is 7.91. The number of hydrogen-bond donors (Lipinski definition) is 1. The fraction of sp³-hybridized carbons (Fsp3) is 0.667. The number of carbonyl (C=O) groups is 1. The molecule has 27 heavy (non-hydrogen) atoms. The summed E-state index contributed by atoms with van der Waals surface area (Å²) in [6.07, 6.45) is 9.78. The first-order valence-corrected chi connectivity index (χ1v) is 12.0. The van der Waals surface area contributed by atoms with Gasteiger partial charge in [-0.1, -0.05) is 43.9 Å². The molecule has 2 fully saturated rings. The van der Waals surface area contributed by atoms with Gasteiger partial charge in [-0.05, 0) is 50.9 Å². The minimum Gasteiger partial charge on any atom is -0.354 e. The lowest BCUT2D eigenvalue weighted by Gasteiger charge is -2.48. The fourth-order valence-corrected chi connectivity index (χ4v) is 5.77. The highest BCUT2D eigenvalue weighted by Gasteiger charge is 2.38. The van der Waals surface area contributed by atoms with Gasteiger partial charge in [0.25, 0.3) is 0 Å². The van der Waals surface area contributed by atoms with E-state index in [4.69, 9.17) is 0 Å². The smallest absolute Gasteiger partial charge is 0.221 e. The van der Waals surface area contributed by atoms with E-state index in [0.29, 0.717) is 6.54 Å². The van der Waals surface area contributed by atoms with E-state index in [0.717, 1.165) is 25.9 Å². The fourth-order valence-electron chi connectivity index (χ4n) is 4.51. The molecule has 2 aliphatic rings. The zero-order valence-corrected chi connectivity index (χ0v) is 17.0. The van der Waals surface area contributed by atoms with Crippen molar-refractivity contribution in [1.82, 2.24) is 10.2 Å². The van der Waals surface area contributed by atoms with Gasteiger partial charge >= 0.3 is 0 Å². The maximum Gasteiger partial charge on any atom is 0.221 e. The number of sulfone groups is 1. The van der Waals surface area contributed by atoms with Crippen LogP contribution in [0, 0.1) is 0 Å². The second-order valence-corrected chi connectivity index (χ2v) is 10.1. The Morgan fingerprint density at radius 2 is 1.59 bits per heavy atom. The van der Waals surface area contributed by atoms with Crippen LogP contribution in [0.3, 0.4) is 0 Å². The summed E-state index contributed by atoms with van der Waals surface area (Å²) in [6.45, 7) is 2.90. The number of hydrogen-bond acceptors (Lipinski definition) is 4. The first-order valence-electron chi connectivity index (χ1n) is 10.3. The molecular weight excluding hydrogens is 360 g/mol. The van der Waals surface area contributed by atoms with Gasteiger partial charge in [0.2, 0.25) is 5.91 Å². The van der Waals surface area contributed by atoms with E-state index >= 15 is 0 Å². The van der Waals surface area contributed by atoms with Crippen molar-refractivity contribution in [3.8, 4) is 0 Å². The lowest BCUT2D eigenvalue weighted by atomic mass is 9.79. The van der Waals surface area contributed by atoms with Gasteiger partial charge in [0.1, 0.15) is 0 Å². The molecule has 1 aliphatic heterocycles. The second kappa shape index (κ2) is 9.20. The van der Waals surface area contributed by atoms with E-state index in [2.05, 4.69) is 10.2 Å². The SMILES string of the molecule is O=C(CCS(=O)(=O)c1ccccc1)NCC1(N2CCCCC2)CCCCC1. The number of amides is 1. The molecule has 1 saturated carbocycles. The zero-order chi connectivity index (χ0) is 19.2. The Kier molecular flexibility index (Phi) is 6.93. The minimum absolute atomic E-state index is 0.0211. The van der Waals surface area contributed by atoms with Crippen LogP contribution >= 0.6 is 0 Å². The summed E-state index contributed by atoms with van der Waals surface area (Å²) in [7, 11) is -3.41. The third-order valence-corrected chi connectivity index (χ3v) is 7.86. The van der Waals surface area contributed by atoms with E-state index in [1.165, 1.54) is 38.5 Å². The van der Waals surface area contributed by atoms with Crippen molar-refractivity contribution >= 4 is 15.7 Å². The molecule has 1 aromatic carbocycles. The van der Waals surface area contributed by atoms with Crippen molar-refractivity contribution in [1.29, 1.82) is 0 Å². The van der Waals surface area contributed by atoms with Crippen molar-refractivity contribution in [3.05, 3.63) is 30.3 Å². The summed E-state index contributed by atoms with van der Waals surface area (Å²) in [5, 5.41) is 3.07. The third-order valence-electron chi connectivity index (χ3n) is 6.13. The first kappa shape index (κ1) is 20.3. The Balaban J connectivity index is 1.55. The van der Waals surface area contributed by atoms with Gasteiger partial charge < -0.3 is 5.32 Å². The number of likely N-dealkylation sites (tertiary alicyclic amines) is 1. The zero-order valence-electron chi connectivity index (χ0n) is 16.2. The molecule has 1 aromatic rings. The number of nitrogens with one attached hydrogen (secondary N) is 1. The molecule has 5 nitrogen and oxygen atoms in total. The van der Waals surface area contributed by atoms with Crippen molar-refractivity contribution in [2.75, 3.05) is 25.4 Å². The van der Waals surface area contributed by atoms with E-state index < -0.39 is 9.84 Å². The molecule has 0 bridgehead atoms. The number of carbonyl (C=O) groups excluding carboxylic acids is 1. The Hall–Kier alpha value is -1.40. The van der Waals surface area contributed by atoms with E-state index in [9.17, 15) is 13.2 Å². The maximum absolute atomic E-state index is 12.4. The van der Waals surface area contributed by atoms with Gasteiger partial charge in [0.15, 0.2) is 9.84 Å². The highest BCUT2D eigenvalue weighted by atomic mass is 32.2. The molecule has 0 atom stereocenters. The van der Waals surface area contributed by atoms with Gasteiger partial charge in [0, 0.05) is 18.5 Å². The van der Waals surface area contributed by atoms with Crippen LogP contribution in [0.15, 0.2) is 35.2 Å². The number of nitrogens with zero attached hydrogens (tertiary/aromatic N) is 1. The summed E-state index contributed by atoms with van der Waals surface area (Å²) in [5.74, 6) is -0.295. The van der Waals surface area contributed by atoms with Gasteiger partial charge in [-0.3, -0.25) is 9.69 Å². The molecule has 1 heterocycles. The molecule has 0 spiro atoms. The molecule has 0 unspecified atom stereocenters. The largest absolute Gasteiger partial charge is 0.354 e. The molecule has 150 valence electrons. The predicted molar refractivity (Wildman–Crippen MR) is 107 cm³/mol. The maximum atomic E-state index is 12.4. The molecule has 0 aromatic heterocycles. The van der Waals surface area contributed by atoms with E-state index in [1.807, 2.05) is 0 Å². The molecular formula is C21H32N2O3S. The predicted octanol–water partition coefficient (Wildman–Crippen LogP) is 3.16. The molecule has 1 amide bonds. The molecule has 1 aliphatic carbocycles. The Morgan fingerprint density at radius 1 is 0.963 bits per heavy atom. The van der Waals surface area contributed by atoms with Gasteiger partial charge in [0.05, 0.1) is 10.6 Å². The van der Waals surface area contributed by atoms with E-state index in [1.54, 1.807) is 30.3 Å². The quantitative estimate of drug-likeness (QED) is 0.774. The Morgan fingerprint density at radius 3 is 2.26 bits per heavy atom. The molecule has 0 radical (unpaired) electrons. The first-order chi connectivity index (χ1) is 13.0. The number of benzene rings is 1. The van der Waals surface area contributed by atoms with Crippen LogP contribution in [-0.2, 0) is 14.6 Å². The second-order valence-electron chi connectivity index (χ2n) is 7.99. The van der Waals surface area contributed by atoms with Crippen LogP contribution in [-0.4, -0.2) is 50.2 Å². The molecule has 6 heteroatoms. The van der Waals surface area contributed by atoms with Crippen LogP contribution in [0.4, 0.5) is 0 Å². The molecule has 1 N–H and O–H groups in total. The highest BCUT2D eigenvalue weighted by Crippen LogP contribution is 2.35. The summed E-state index contributed by atoms with van der Waals surface area (Å²) in [5.41, 5.74) is 0.0760. The molecule has 3 rings (SSSR count). The average Bonchev–Trinajstić information content (AvgIpc) is 2.73. The molecule has 1 saturated heterocycles. The monoisotopic (exact) mass is 392 g/mol. The summed E-state index contributed by atoms with van der Waals surface area (Å²) < 4.78 is 24.7. The van der Waals surface area contributed by atoms with Crippen molar-refractivity contribution < 1.29 is 13.2 Å². The van der Waals surface area contributed by atoms with Gasteiger partial charge in [-0.15, -0.1) is 0 Å². The van der Waals surface area contributed by atoms with E-state index in [-0.39, 0.29) is 28.5 Å². The van der Waals surface area contributed by atoms with Crippen LogP contribution in [0.25, 0.3) is 0 Å². The van der Waals surface area contributed by atoms with Crippen LogP contribution in [0.1, 0.15) is 57.8 Å². The normalized spacial score (nSPS) is 20.9. The summed E-state index contributed by atoms with van der Waals surface area (Å²) in [4.78, 5) is 15.3. The van der Waals surface area contributed by atoms with Crippen LogP contribution < -0.4 is 5.32 Å². The number of piperidine rings is 1. The van der Waals surface area contributed by atoms with Crippen LogP contribution in [0.2, 0.25) is 0 Å².